The van der Waals surface area contributed by atoms with Gasteiger partial charge in [-0.2, -0.15) is 5.10 Å². The summed E-state index contributed by atoms with van der Waals surface area (Å²) in [5.41, 5.74) is 2.66. The average molecular weight is 318 g/mol. The predicted octanol–water partition coefficient (Wildman–Crippen LogP) is 0.450. The van der Waals surface area contributed by atoms with Gasteiger partial charge in [-0.05, 0) is 18.2 Å². The smallest absolute Gasteiger partial charge is 0.354 e. The number of nitrogens with one attached hydrogen (secondary N) is 1. The highest BCUT2D eigenvalue weighted by atomic mass is 16.6. The van der Waals surface area contributed by atoms with Gasteiger partial charge in [0.25, 0.3) is 0 Å². The number of Topliss-reactive ketones (excluding diaryl/α,β-unsaturated/α-hetero) is 1. The zero-order valence-electron chi connectivity index (χ0n) is 12.2. The van der Waals surface area contributed by atoms with Crippen molar-refractivity contribution in [3.05, 3.63) is 23.8 Å². The number of benzene rings is 1. The standard InChI is InChI=1S/C15H14N2O6/c18-11(8-23-15(20)10-2-4-14(19)17-16-10)9-1-3-12-13(7-9)22-6-5-21-12/h1,3,7H,2,4-6,8H2,(H,17,19). The van der Waals surface area contributed by atoms with Gasteiger partial charge in [0, 0.05) is 18.4 Å². The molecule has 2 aliphatic rings. The molecular formula is C15H14N2O6. The Hall–Kier alpha value is -2.90. The number of ether oxygens (including phenoxy) is 3. The van der Waals surface area contributed by atoms with Crippen LogP contribution in [0.25, 0.3) is 0 Å². The number of hydrogen-bond donors (Lipinski definition) is 1. The fraction of sp³-hybridized carbons (Fsp3) is 0.333. The van der Waals surface area contributed by atoms with Crippen LogP contribution in [0.3, 0.4) is 0 Å². The molecule has 8 nitrogen and oxygen atoms in total. The zero-order chi connectivity index (χ0) is 16.2. The van der Waals surface area contributed by atoms with Gasteiger partial charge in [0.05, 0.1) is 0 Å². The fourth-order valence-corrected chi connectivity index (χ4v) is 2.14. The van der Waals surface area contributed by atoms with Gasteiger partial charge >= 0.3 is 5.97 Å². The van der Waals surface area contributed by atoms with Crippen molar-refractivity contribution in [2.75, 3.05) is 19.8 Å². The van der Waals surface area contributed by atoms with E-state index < -0.39 is 12.6 Å². The van der Waals surface area contributed by atoms with Crippen molar-refractivity contribution >= 4 is 23.4 Å². The van der Waals surface area contributed by atoms with E-state index in [-0.39, 0.29) is 30.2 Å². The number of amides is 1. The number of ketones is 1. The SMILES string of the molecule is O=C1CCC(C(=O)OCC(=O)c2ccc3c(c2)OCCO3)=NN1. The van der Waals surface area contributed by atoms with Crippen molar-refractivity contribution in [3.8, 4) is 11.5 Å². The molecule has 0 unspecified atom stereocenters. The van der Waals surface area contributed by atoms with E-state index >= 15 is 0 Å². The summed E-state index contributed by atoms with van der Waals surface area (Å²) in [6.45, 7) is 0.479. The normalized spacial score (nSPS) is 16.2. The monoisotopic (exact) mass is 318 g/mol. The van der Waals surface area contributed by atoms with Crippen LogP contribution in [0.4, 0.5) is 0 Å². The van der Waals surface area contributed by atoms with Crippen molar-refractivity contribution in [2.24, 2.45) is 5.10 Å². The summed E-state index contributed by atoms with van der Waals surface area (Å²) in [5.74, 6) is -0.259. The Morgan fingerprint density at radius 1 is 1.17 bits per heavy atom. The Morgan fingerprint density at radius 2 is 1.96 bits per heavy atom. The third-order valence-corrected chi connectivity index (χ3v) is 3.34. The highest BCUT2D eigenvalue weighted by Gasteiger charge is 2.21. The molecular weight excluding hydrogens is 304 g/mol. The first-order valence-corrected chi connectivity index (χ1v) is 7.09. The first kappa shape index (κ1) is 15.0. The molecule has 0 radical (unpaired) electrons. The van der Waals surface area contributed by atoms with Crippen LogP contribution >= 0.6 is 0 Å². The van der Waals surface area contributed by atoms with Crippen molar-refractivity contribution < 1.29 is 28.6 Å². The summed E-state index contributed by atoms with van der Waals surface area (Å²) >= 11 is 0. The molecule has 1 N–H and O–H groups in total. The summed E-state index contributed by atoms with van der Waals surface area (Å²) in [4.78, 5) is 34.8. The summed E-state index contributed by atoms with van der Waals surface area (Å²) in [6.07, 6.45) is 0.368. The lowest BCUT2D eigenvalue weighted by Crippen LogP contribution is -2.31. The lowest BCUT2D eigenvalue weighted by atomic mass is 10.1. The van der Waals surface area contributed by atoms with Crippen LogP contribution < -0.4 is 14.9 Å². The van der Waals surface area contributed by atoms with Gasteiger partial charge in [-0.1, -0.05) is 0 Å². The van der Waals surface area contributed by atoms with E-state index in [0.717, 1.165) is 0 Å². The topological polar surface area (TPSA) is 103 Å². The van der Waals surface area contributed by atoms with Crippen molar-refractivity contribution in [1.82, 2.24) is 5.43 Å². The van der Waals surface area contributed by atoms with Gasteiger partial charge in [-0.15, -0.1) is 0 Å². The summed E-state index contributed by atoms with van der Waals surface area (Å²) in [7, 11) is 0. The number of fused-ring (bicyclic) bond motifs is 1. The van der Waals surface area contributed by atoms with Gasteiger partial charge in [0.1, 0.15) is 18.9 Å². The predicted molar refractivity (Wildman–Crippen MR) is 77.5 cm³/mol. The molecule has 2 heterocycles. The van der Waals surface area contributed by atoms with E-state index in [1.165, 1.54) is 0 Å². The number of carbonyl (C=O) groups excluding carboxylic acids is 3. The molecule has 3 rings (SSSR count). The van der Waals surface area contributed by atoms with Crippen LogP contribution in [0.1, 0.15) is 23.2 Å². The van der Waals surface area contributed by atoms with Gasteiger partial charge in [0.2, 0.25) is 5.91 Å². The van der Waals surface area contributed by atoms with E-state index in [2.05, 4.69) is 10.5 Å². The molecule has 2 aliphatic heterocycles. The maximum atomic E-state index is 12.1. The van der Waals surface area contributed by atoms with Gasteiger partial charge in [-0.25, -0.2) is 10.2 Å². The molecule has 1 amide bonds. The molecule has 0 saturated carbocycles. The quantitative estimate of drug-likeness (QED) is 0.638. The third kappa shape index (κ3) is 3.47. The Morgan fingerprint density at radius 3 is 2.70 bits per heavy atom. The Labute approximate surface area is 131 Å². The second kappa shape index (κ2) is 6.47. The Balaban J connectivity index is 1.59. The van der Waals surface area contributed by atoms with Gasteiger partial charge in [0.15, 0.2) is 23.9 Å². The largest absolute Gasteiger partial charge is 0.486 e. The minimum Gasteiger partial charge on any atom is -0.486 e. The molecule has 1 aromatic rings. The van der Waals surface area contributed by atoms with Crippen LogP contribution in [0.5, 0.6) is 11.5 Å². The number of hydrogen-bond acceptors (Lipinski definition) is 7. The van der Waals surface area contributed by atoms with Crippen molar-refractivity contribution in [1.29, 1.82) is 0 Å². The summed E-state index contributed by atoms with van der Waals surface area (Å²) < 4.78 is 15.7. The van der Waals surface area contributed by atoms with Gasteiger partial charge in [-0.3, -0.25) is 9.59 Å². The average Bonchev–Trinajstić information content (AvgIpc) is 2.59. The Kier molecular flexibility index (Phi) is 4.22. The van der Waals surface area contributed by atoms with Crippen LogP contribution in [-0.2, 0) is 14.3 Å². The van der Waals surface area contributed by atoms with Gasteiger partial charge < -0.3 is 14.2 Å². The first-order chi connectivity index (χ1) is 11.1. The molecule has 0 aromatic heterocycles. The second-order valence-corrected chi connectivity index (χ2v) is 4.95. The van der Waals surface area contributed by atoms with Crippen LogP contribution in [-0.4, -0.2) is 43.2 Å². The van der Waals surface area contributed by atoms with Crippen LogP contribution in [0, 0.1) is 0 Å². The van der Waals surface area contributed by atoms with E-state index in [1.54, 1.807) is 18.2 Å². The molecule has 0 spiro atoms. The number of nitrogens with zero attached hydrogens (tertiary/aromatic N) is 1. The van der Waals surface area contributed by atoms with Crippen molar-refractivity contribution in [3.63, 3.8) is 0 Å². The Bertz CT molecular complexity index is 697. The highest BCUT2D eigenvalue weighted by molar-refractivity contribution is 6.37. The minimum atomic E-state index is -0.712. The van der Waals surface area contributed by atoms with Crippen LogP contribution in [0.2, 0.25) is 0 Å². The maximum absolute atomic E-state index is 12.1. The highest BCUT2D eigenvalue weighted by Crippen LogP contribution is 2.30. The van der Waals surface area contributed by atoms with E-state index in [0.29, 0.717) is 30.3 Å². The molecule has 0 bridgehead atoms. The molecule has 120 valence electrons. The molecule has 0 atom stereocenters. The molecule has 1 aromatic carbocycles. The van der Waals surface area contributed by atoms with E-state index in [1.807, 2.05) is 0 Å². The van der Waals surface area contributed by atoms with Crippen molar-refractivity contribution in [2.45, 2.75) is 12.8 Å². The van der Waals surface area contributed by atoms with E-state index in [9.17, 15) is 14.4 Å². The first-order valence-electron chi connectivity index (χ1n) is 7.09. The van der Waals surface area contributed by atoms with E-state index in [4.69, 9.17) is 14.2 Å². The molecule has 0 aliphatic carbocycles. The van der Waals surface area contributed by atoms with Crippen LogP contribution in [0.15, 0.2) is 23.3 Å². The summed E-state index contributed by atoms with van der Waals surface area (Å²) in [5, 5.41) is 3.61. The third-order valence-electron chi connectivity index (χ3n) is 3.34. The number of hydrazone groups is 1. The molecule has 0 saturated heterocycles. The molecule has 23 heavy (non-hydrogen) atoms. The molecule has 0 fully saturated rings. The maximum Gasteiger partial charge on any atom is 0.354 e. The zero-order valence-corrected chi connectivity index (χ0v) is 12.2. The minimum absolute atomic E-state index is 0.0968. The number of carbonyl (C=O) groups is 3. The lowest BCUT2D eigenvalue weighted by Gasteiger charge is -2.18. The number of rotatable bonds is 4. The fourth-order valence-electron chi connectivity index (χ4n) is 2.14. The summed E-state index contributed by atoms with van der Waals surface area (Å²) in [6, 6.07) is 4.79. The second-order valence-electron chi connectivity index (χ2n) is 4.95. The lowest BCUT2D eigenvalue weighted by molar-refractivity contribution is -0.134. The number of esters is 1. The molecule has 8 heteroatoms.